The molecule has 0 bridgehead atoms. The monoisotopic (exact) mass is 262 g/mol. The number of hydrogen-bond acceptors (Lipinski definition) is 3. The van der Waals surface area contributed by atoms with Crippen molar-refractivity contribution in [3.63, 3.8) is 0 Å². The summed E-state index contributed by atoms with van der Waals surface area (Å²) in [7, 11) is 0. The van der Waals surface area contributed by atoms with Gasteiger partial charge in [-0.1, -0.05) is 19.3 Å². The molecule has 19 heavy (non-hydrogen) atoms. The minimum absolute atomic E-state index is 0.477. The van der Waals surface area contributed by atoms with E-state index in [2.05, 4.69) is 25.5 Å². The number of nitrogens with one attached hydrogen (secondary N) is 2. The molecule has 104 valence electrons. The van der Waals surface area contributed by atoms with E-state index in [-0.39, 0.29) is 0 Å². The summed E-state index contributed by atoms with van der Waals surface area (Å²) in [6, 6.07) is 0.495. The van der Waals surface area contributed by atoms with Crippen molar-refractivity contribution in [3.8, 4) is 0 Å². The number of H-pyrrole nitrogens is 1. The van der Waals surface area contributed by atoms with E-state index in [1.165, 1.54) is 44.9 Å². The van der Waals surface area contributed by atoms with Crippen molar-refractivity contribution >= 4 is 5.96 Å². The maximum atomic E-state index is 5.91. The first-order valence-electron chi connectivity index (χ1n) is 7.29. The summed E-state index contributed by atoms with van der Waals surface area (Å²) in [5, 5.41) is 10.4. The van der Waals surface area contributed by atoms with Gasteiger partial charge in [0.25, 0.3) is 0 Å². The highest BCUT2D eigenvalue weighted by atomic mass is 15.2. The Bertz CT molecular complexity index is 442. The molecule has 2 aliphatic carbocycles. The van der Waals surface area contributed by atoms with Crippen molar-refractivity contribution in [3.05, 3.63) is 11.6 Å². The Hall–Kier alpha value is -1.59. The first-order valence-corrected chi connectivity index (χ1v) is 7.29. The molecule has 0 aliphatic heterocycles. The molecule has 0 radical (unpaired) electrons. The normalized spacial score (nSPS) is 21.6. The summed E-state index contributed by atoms with van der Waals surface area (Å²) < 4.78 is 0. The summed E-state index contributed by atoms with van der Waals surface area (Å²) in [6.45, 7) is 0.477. The Morgan fingerprint density at radius 2 is 2.05 bits per heavy atom. The van der Waals surface area contributed by atoms with Crippen LogP contribution in [0.5, 0.6) is 0 Å². The Kier molecular flexibility index (Phi) is 3.66. The summed E-state index contributed by atoms with van der Waals surface area (Å²) in [5.74, 6) is 2.84. The molecule has 4 N–H and O–H groups in total. The van der Waals surface area contributed by atoms with E-state index in [9.17, 15) is 0 Å². The Labute approximate surface area is 113 Å². The molecule has 0 saturated heterocycles. The third-order valence-corrected chi connectivity index (χ3v) is 3.85. The molecule has 0 amide bonds. The quantitative estimate of drug-likeness (QED) is 0.565. The Morgan fingerprint density at radius 3 is 2.79 bits per heavy atom. The third kappa shape index (κ3) is 3.45. The molecule has 6 heteroatoms. The number of nitrogens with two attached hydrogens (primary N) is 1. The van der Waals surface area contributed by atoms with Gasteiger partial charge in [-0.15, -0.1) is 0 Å². The van der Waals surface area contributed by atoms with Crippen LogP contribution in [-0.2, 0) is 6.54 Å². The average molecular weight is 262 g/mol. The van der Waals surface area contributed by atoms with Gasteiger partial charge in [-0.3, -0.25) is 5.10 Å². The zero-order valence-electron chi connectivity index (χ0n) is 11.2. The molecule has 6 nitrogen and oxygen atoms in total. The maximum absolute atomic E-state index is 5.91. The second-order valence-corrected chi connectivity index (χ2v) is 5.60. The molecule has 1 aromatic heterocycles. The minimum Gasteiger partial charge on any atom is -0.370 e. The highest BCUT2D eigenvalue weighted by Crippen LogP contribution is 2.37. The van der Waals surface area contributed by atoms with E-state index < -0.39 is 0 Å². The fourth-order valence-corrected chi connectivity index (χ4v) is 2.57. The molecule has 3 rings (SSSR count). The fraction of sp³-hybridized carbons (Fsp3) is 0.769. The molecule has 2 aliphatic rings. The van der Waals surface area contributed by atoms with Gasteiger partial charge in [0.2, 0.25) is 0 Å². The highest BCUT2D eigenvalue weighted by Gasteiger charge is 2.27. The predicted octanol–water partition coefficient (Wildman–Crippen LogP) is 1.42. The smallest absolute Gasteiger partial charge is 0.189 e. The van der Waals surface area contributed by atoms with Gasteiger partial charge in [0.15, 0.2) is 11.8 Å². The second kappa shape index (κ2) is 5.59. The van der Waals surface area contributed by atoms with Gasteiger partial charge < -0.3 is 11.1 Å². The van der Waals surface area contributed by atoms with Crippen LogP contribution in [0.1, 0.15) is 62.5 Å². The van der Waals surface area contributed by atoms with E-state index in [4.69, 9.17) is 5.73 Å². The van der Waals surface area contributed by atoms with Crippen LogP contribution in [0.3, 0.4) is 0 Å². The molecule has 2 saturated carbocycles. The van der Waals surface area contributed by atoms with Crippen LogP contribution in [-0.4, -0.2) is 27.2 Å². The van der Waals surface area contributed by atoms with Crippen molar-refractivity contribution in [2.75, 3.05) is 0 Å². The van der Waals surface area contributed by atoms with E-state index in [0.29, 0.717) is 24.5 Å². The molecule has 0 spiro atoms. The minimum atomic E-state index is 0.477. The van der Waals surface area contributed by atoms with Gasteiger partial charge in [0.05, 0.1) is 0 Å². The van der Waals surface area contributed by atoms with Crippen molar-refractivity contribution < 1.29 is 0 Å². The standard InChI is InChI=1S/C13H22N6/c14-13(16-10-4-2-1-3-5-10)15-8-11-17-12(19-18-11)9-6-7-9/h9-10H,1-8H2,(H3,14,15,16)(H,17,18,19). The number of aromatic amines is 1. The van der Waals surface area contributed by atoms with Crippen LogP contribution in [0.25, 0.3) is 0 Å². The van der Waals surface area contributed by atoms with Gasteiger partial charge in [0, 0.05) is 12.0 Å². The van der Waals surface area contributed by atoms with Gasteiger partial charge >= 0.3 is 0 Å². The van der Waals surface area contributed by atoms with Crippen molar-refractivity contribution in [1.29, 1.82) is 0 Å². The number of aliphatic imine (C=N–C) groups is 1. The van der Waals surface area contributed by atoms with Crippen LogP contribution >= 0.6 is 0 Å². The van der Waals surface area contributed by atoms with Crippen LogP contribution in [0.15, 0.2) is 4.99 Å². The van der Waals surface area contributed by atoms with Crippen molar-refractivity contribution in [2.24, 2.45) is 10.7 Å². The summed E-state index contributed by atoms with van der Waals surface area (Å²) in [5.41, 5.74) is 5.91. The average Bonchev–Trinajstić information content (AvgIpc) is 3.17. The van der Waals surface area contributed by atoms with E-state index in [0.717, 1.165) is 11.6 Å². The first kappa shape index (κ1) is 12.4. The predicted molar refractivity (Wildman–Crippen MR) is 73.7 cm³/mol. The molecule has 1 heterocycles. The lowest BCUT2D eigenvalue weighted by Crippen LogP contribution is -2.41. The van der Waals surface area contributed by atoms with Crippen LogP contribution in [0, 0.1) is 0 Å². The zero-order chi connectivity index (χ0) is 13.1. The topological polar surface area (TPSA) is 92.0 Å². The van der Waals surface area contributed by atoms with Gasteiger partial charge in [-0.25, -0.2) is 9.98 Å². The molecular weight excluding hydrogens is 240 g/mol. The summed E-state index contributed by atoms with van der Waals surface area (Å²) in [4.78, 5) is 8.77. The zero-order valence-corrected chi connectivity index (χ0v) is 11.2. The van der Waals surface area contributed by atoms with Crippen LogP contribution < -0.4 is 11.1 Å². The molecular formula is C13H22N6. The number of nitrogens with zero attached hydrogens (tertiary/aromatic N) is 3. The maximum Gasteiger partial charge on any atom is 0.189 e. The largest absolute Gasteiger partial charge is 0.370 e. The van der Waals surface area contributed by atoms with E-state index in [1.807, 2.05) is 0 Å². The van der Waals surface area contributed by atoms with Crippen molar-refractivity contribution in [1.82, 2.24) is 20.5 Å². The molecule has 1 aromatic rings. The van der Waals surface area contributed by atoms with Gasteiger partial charge in [-0.05, 0) is 25.7 Å². The lowest BCUT2D eigenvalue weighted by Gasteiger charge is -2.23. The number of rotatable bonds is 4. The summed E-state index contributed by atoms with van der Waals surface area (Å²) in [6.07, 6.45) is 8.75. The summed E-state index contributed by atoms with van der Waals surface area (Å²) >= 11 is 0. The molecule has 0 aromatic carbocycles. The van der Waals surface area contributed by atoms with Crippen LogP contribution in [0.4, 0.5) is 0 Å². The number of hydrogen-bond donors (Lipinski definition) is 3. The number of guanidine groups is 1. The lowest BCUT2D eigenvalue weighted by atomic mass is 9.96. The SMILES string of the molecule is NC(=NCc1nc(C2CC2)n[nH]1)NC1CCCCC1. The van der Waals surface area contributed by atoms with E-state index in [1.54, 1.807) is 0 Å². The lowest BCUT2D eigenvalue weighted by molar-refractivity contribution is 0.412. The fourth-order valence-electron chi connectivity index (χ4n) is 2.57. The Morgan fingerprint density at radius 1 is 1.26 bits per heavy atom. The number of aromatic nitrogens is 3. The van der Waals surface area contributed by atoms with Crippen LogP contribution in [0.2, 0.25) is 0 Å². The van der Waals surface area contributed by atoms with Crippen molar-refractivity contribution in [2.45, 2.75) is 63.5 Å². The van der Waals surface area contributed by atoms with E-state index >= 15 is 0 Å². The molecule has 2 fully saturated rings. The molecule has 0 atom stereocenters. The van der Waals surface area contributed by atoms with Gasteiger partial charge in [0.1, 0.15) is 12.4 Å². The third-order valence-electron chi connectivity index (χ3n) is 3.85. The van der Waals surface area contributed by atoms with Gasteiger partial charge in [-0.2, -0.15) is 5.10 Å². The molecule has 0 unspecified atom stereocenters. The second-order valence-electron chi connectivity index (χ2n) is 5.60. The highest BCUT2D eigenvalue weighted by molar-refractivity contribution is 5.78. The first-order chi connectivity index (χ1) is 9.31. The Balaban J connectivity index is 1.49.